The summed E-state index contributed by atoms with van der Waals surface area (Å²) in [5, 5.41) is 4.59. The van der Waals surface area contributed by atoms with Gasteiger partial charge in [0.05, 0.1) is 0 Å². The first-order valence-corrected chi connectivity index (χ1v) is 7.67. The van der Waals surface area contributed by atoms with Crippen LogP contribution in [0.25, 0.3) is 11.0 Å². The predicted molar refractivity (Wildman–Crippen MR) is 83.6 cm³/mol. The third kappa shape index (κ3) is 2.65. The molecular formula is C16H19ClN2O2. The molecule has 21 heavy (non-hydrogen) atoms. The van der Waals surface area contributed by atoms with E-state index in [-0.39, 0.29) is 11.9 Å². The molecule has 0 spiro atoms. The van der Waals surface area contributed by atoms with Gasteiger partial charge in [-0.15, -0.1) is 0 Å². The second kappa shape index (κ2) is 5.70. The second-order valence-electron chi connectivity index (χ2n) is 5.70. The zero-order valence-electron chi connectivity index (χ0n) is 12.0. The highest BCUT2D eigenvalue weighted by molar-refractivity contribution is 6.31. The van der Waals surface area contributed by atoms with E-state index in [4.69, 9.17) is 21.8 Å². The van der Waals surface area contributed by atoms with Crippen molar-refractivity contribution in [3.63, 3.8) is 0 Å². The highest BCUT2D eigenvalue weighted by Crippen LogP contribution is 2.29. The molecule has 2 aromatic rings. The number of fused-ring (bicyclic) bond motifs is 1. The number of nitrogens with two attached hydrogens (primary N) is 1. The van der Waals surface area contributed by atoms with Crippen molar-refractivity contribution in [1.82, 2.24) is 5.32 Å². The van der Waals surface area contributed by atoms with Gasteiger partial charge in [0.15, 0.2) is 5.76 Å². The number of furan rings is 1. The predicted octanol–water partition coefficient (Wildman–Crippen LogP) is 3.25. The molecule has 4 nitrogen and oxygen atoms in total. The number of hydrogen-bond donors (Lipinski definition) is 2. The number of aryl methyl sites for hydroxylation is 1. The molecule has 1 saturated carbocycles. The van der Waals surface area contributed by atoms with Crippen molar-refractivity contribution >= 4 is 28.5 Å². The summed E-state index contributed by atoms with van der Waals surface area (Å²) < 4.78 is 5.69. The Morgan fingerprint density at radius 3 is 3.05 bits per heavy atom. The Kier molecular flexibility index (Phi) is 3.91. The summed E-state index contributed by atoms with van der Waals surface area (Å²) in [5.41, 5.74) is 7.27. The van der Waals surface area contributed by atoms with E-state index >= 15 is 0 Å². The van der Waals surface area contributed by atoms with Crippen LogP contribution in [-0.2, 0) is 0 Å². The third-order valence-electron chi connectivity index (χ3n) is 4.38. The molecule has 0 radical (unpaired) electrons. The lowest BCUT2D eigenvalue weighted by atomic mass is 10.0. The second-order valence-corrected chi connectivity index (χ2v) is 6.14. The fourth-order valence-electron chi connectivity index (χ4n) is 3.15. The Bertz CT molecular complexity index is 680. The average Bonchev–Trinajstić information content (AvgIpc) is 3.04. The first kappa shape index (κ1) is 14.4. The number of carbonyl (C=O) groups is 1. The molecular weight excluding hydrogens is 288 g/mol. The van der Waals surface area contributed by atoms with Crippen LogP contribution >= 0.6 is 11.6 Å². The molecule has 3 rings (SSSR count). The van der Waals surface area contributed by atoms with E-state index in [1.807, 2.05) is 13.0 Å². The molecule has 112 valence electrons. The average molecular weight is 307 g/mol. The number of amides is 1. The molecule has 1 amide bonds. The topological polar surface area (TPSA) is 68.3 Å². The molecule has 2 atom stereocenters. The van der Waals surface area contributed by atoms with Crippen LogP contribution in [0.15, 0.2) is 22.6 Å². The summed E-state index contributed by atoms with van der Waals surface area (Å²) in [6.45, 7) is 2.49. The molecule has 1 aliphatic carbocycles. The maximum atomic E-state index is 12.5. The van der Waals surface area contributed by atoms with Gasteiger partial charge in [-0.3, -0.25) is 4.79 Å². The molecule has 1 aromatic heterocycles. The number of nitrogens with one attached hydrogen (secondary N) is 1. The smallest absolute Gasteiger partial charge is 0.287 e. The quantitative estimate of drug-likeness (QED) is 0.914. The minimum absolute atomic E-state index is 0.152. The van der Waals surface area contributed by atoms with Crippen LogP contribution in [0.1, 0.15) is 35.4 Å². The summed E-state index contributed by atoms with van der Waals surface area (Å²) in [4.78, 5) is 12.5. The molecule has 1 heterocycles. The minimum Gasteiger partial charge on any atom is -0.451 e. The maximum absolute atomic E-state index is 12.5. The van der Waals surface area contributed by atoms with E-state index in [0.717, 1.165) is 30.2 Å². The van der Waals surface area contributed by atoms with E-state index < -0.39 is 0 Å². The Hall–Kier alpha value is -1.52. The first-order chi connectivity index (χ1) is 10.1. The van der Waals surface area contributed by atoms with E-state index in [1.54, 1.807) is 12.1 Å². The number of carbonyl (C=O) groups excluding carboxylic acids is 1. The molecule has 1 aliphatic rings. The molecule has 0 aliphatic heterocycles. The van der Waals surface area contributed by atoms with Crippen molar-refractivity contribution in [3.05, 3.63) is 34.5 Å². The number of rotatable bonds is 3. The first-order valence-electron chi connectivity index (χ1n) is 7.29. The Morgan fingerprint density at radius 2 is 2.29 bits per heavy atom. The third-order valence-corrected chi connectivity index (χ3v) is 4.62. The van der Waals surface area contributed by atoms with Crippen LogP contribution in [0.5, 0.6) is 0 Å². The van der Waals surface area contributed by atoms with Gasteiger partial charge >= 0.3 is 0 Å². The fraction of sp³-hybridized carbons (Fsp3) is 0.438. The van der Waals surface area contributed by atoms with Gasteiger partial charge in [0, 0.05) is 22.0 Å². The van der Waals surface area contributed by atoms with Gasteiger partial charge < -0.3 is 15.5 Å². The number of benzene rings is 1. The van der Waals surface area contributed by atoms with Gasteiger partial charge in [-0.05, 0) is 50.4 Å². The summed E-state index contributed by atoms with van der Waals surface area (Å²) in [7, 11) is 0. The molecule has 3 N–H and O–H groups in total. The lowest BCUT2D eigenvalue weighted by Gasteiger charge is -2.18. The Morgan fingerprint density at radius 1 is 1.48 bits per heavy atom. The maximum Gasteiger partial charge on any atom is 0.287 e. The van der Waals surface area contributed by atoms with Crippen LogP contribution in [0.3, 0.4) is 0 Å². The standard InChI is InChI=1S/C16H19ClN2O2/c1-9-12-7-11(17)5-6-14(12)21-15(9)16(20)19-13-4-2-3-10(13)8-18/h5-7,10,13H,2-4,8,18H2,1H3,(H,19,20). The van der Waals surface area contributed by atoms with Crippen LogP contribution < -0.4 is 11.1 Å². The summed E-state index contributed by atoms with van der Waals surface area (Å²) in [6.07, 6.45) is 3.18. The van der Waals surface area contributed by atoms with E-state index in [1.165, 1.54) is 0 Å². The van der Waals surface area contributed by atoms with Gasteiger partial charge in [-0.2, -0.15) is 0 Å². The summed E-state index contributed by atoms with van der Waals surface area (Å²) in [6, 6.07) is 5.53. The zero-order valence-corrected chi connectivity index (χ0v) is 12.7. The summed E-state index contributed by atoms with van der Waals surface area (Å²) >= 11 is 6.00. The van der Waals surface area contributed by atoms with Crippen molar-refractivity contribution in [2.45, 2.75) is 32.2 Å². The van der Waals surface area contributed by atoms with Crippen molar-refractivity contribution < 1.29 is 9.21 Å². The summed E-state index contributed by atoms with van der Waals surface area (Å²) in [5.74, 6) is 0.577. The lowest BCUT2D eigenvalue weighted by Crippen LogP contribution is -2.39. The molecule has 0 saturated heterocycles. The lowest BCUT2D eigenvalue weighted by molar-refractivity contribution is 0.0902. The van der Waals surface area contributed by atoms with Crippen molar-refractivity contribution in [3.8, 4) is 0 Å². The molecule has 1 aromatic carbocycles. The van der Waals surface area contributed by atoms with Crippen molar-refractivity contribution in [2.24, 2.45) is 11.7 Å². The number of hydrogen-bond acceptors (Lipinski definition) is 3. The minimum atomic E-state index is -0.162. The van der Waals surface area contributed by atoms with Crippen LogP contribution in [0.2, 0.25) is 5.02 Å². The largest absolute Gasteiger partial charge is 0.451 e. The van der Waals surface area contributed by atoms with Crippen LogP contribution in [0, 0.1) is 12.8 Å². The monoisotopic (exact) mass is 306 g/mol. The number of halogens is 1. The van der Waals surface area contributed by atoms with Gasteiger partial charge in [-0.25, -0.2) is 0 Å². The van der Waals surface area contributed by atoms with E-state index in [9.17, 15) is 4.79 Å². The van der Waals surface area contributed by atoms with Crippen molar-refractivity contribution in [1.29, 1.82) is 0 Å². The van der Waals surface area contributed by atoms with E-state index in [0.29, 0.717) is 28.8 Å². The highest BCUT2D eigenvalue weighted by Gasteiger charge is 2.29. The molecule has 2 unspecified atom stereocenters. The Balaban J connectivity index is 1.86. The highest BCUT2D eigenvalue weighted by atomic mass is 35.5. The Labute approximate surface area is 128 Å². The van der Waals surface area contributed by atoms with Gasteiger partial charge in [0.1, 0.15) is 5.58 Å². The van der Waals surface area contributed by atoms with Gasteiger partial charge in [-0.1, -0.05) is 18.0 Å². The fourth-order valence-corrected chi connectivity index (χ4v) is 3.32. The molecule has 5 heteroatoms. The van der Waals surface area contributed by atoms with Gasteiger partial charge in [0.25, 0.3) is 5.91 Å². The molecule has 0 bridgehead atoms. The van der Waals surface area contributed by atoms with Crippen LogP contribution in [-0.4, -0.2) is 18.5 Å². The van der Waals surface area contributed by atoms with Gasteiger partial charge in [0.2, 0.25) is 0 Å². The molecule has 1 fully saturated rings. The zero-order chi connectivity index (χ0) is 15.0. The SMILES string of the molecule is Cc1c(C(=O)NC2CCCC2CN)oc2ccc(Cl)cc12. The van der Waals surface area contributed by atoms with E-state index in [2.05, 4.69) is 5.32 Å². The van der Waals surface area contributed by atoms with Crippen LogP contribution in [0.4, 0.5) is 0 Å². The van der Waals surface area contributed by atoms with Crippen molar-refractivity contribution in [2.75, 3.05) is 6.54 Å². The normalized spacial score (nSPS) is 21.9.